The molecule has 7 heteroatoms. The fourth-order valence-corrected chi connectivity index (χ4v) is 3.52. The van der Waals surface area contributed by atoms with E-state index < -0.39 is 0 Å². The summed E-state index contributed by atoms with van der Waals surface area (Å²) in [6, 6.07) is 6.23. The van der Waals surface area contributed by atoms with Crippen LogP contribution in [0.25, 0.3) is 0 Å². The topological polar surface area (TPSA) is 58.6 Å². The van der Waals surface area contributed by atoms with Gasteiger partial charge in [-0.3, -0.25) is 9.89 Å². The first-order valence-corrected chi connectivity index (χ1v) is 9.96. The molecule has 1 aromatic carbocycles. The maximum absolute atomic E-state index is 5.69. The highest BCUT2D eigenvalue weighted by Gasteiger charge is 2.22. The molecule has 1 N–H and O–H groups in total. The number of benzene rings is 1. The van der Waals surface area contributed by atoms with E-state index >= 15 is 0 Å². The number of hydrogen-bond acceptors (Lipinski definition) is 5. The largest absolute Gasteiger partial charge is 0.454 e. The van der Waals surface area contributed by atoms with Gasteiger partial charge in [0.15, 0.2) is 17.5 Å². The standard InChI is InChI=1S/C20H30N4O3/c1-21-20(22-6-11-25-14-16-2-3-16)24-9-7-23(8-10-24)13-17-4-5-18-19(12-17)27-15-26-18/h4-5,12,16H,2-3,6-11,13-15H2,1H3,(H,21,22). The quantitative estimate of drug-likeness (QED) is 0.444. The van der Waals surface area contributed by atoms with Crippen LogP contribution in [-0.2, 0) is 11.3 Å². The Bertz CT molecular complexity index is 655. The van der Waals surface area contributed by atoms with Gasteiger partial charge in [0.2, 0.25) is 6.79 Å². The summed E-state index contributed by atoms with van der Waals surface area (Å²) in [6.45, 7) is 7.75. The molecule has 2 aliphatic heterocycles. The van der Waals surface area contributed by atoms with E-state index in [2.05, 4.69) is 32.2 Å². The lowest BCUT2D eigenvalue weighted by atomic mass is 10.1. The highest BCUT2D eigenvalue weighted by Crippen LogP contribution is 2.32. The van der Waals surface area contributed by atoms with Crippen LogP contribution in [0.15, 0.2) is 23.2 Å². The van der Waals surface area contributed by atoms with Gasteiger partial charge in [0.1, 0.15) is 0 Å². The van der Waals surface area contributed by atoms with Gasteiger partial charge in [-0.25, -0.2) is 0 Å². The first kappa shape index (κ1) is 18.4. The van der Waals surface area contributed by atoms with E-state index in [9.17, 15) is 0 Å². The van der Waals surface area contributed by atoms with Gasteiger partial charge in [-0.2, -0.15) is 0 Å². The van der Waals surface area contributed by atoms with E-state index in [4.69, 9.17) is 14.2 Å². The summed E-state index contributed by atoms with van der Waals surface area (Å²) in [7, 11) is 1.85. The van der Waals surface area contributed by atoms with Gasteiger partial charge in [-0.15, -0.1) is 0 Å². The van der Waals surface area contributed by atoms with Crippen LogP contribution in [0, 0.1) is 5.92 Å². The van der Waals surface area contributed by atoms with Crippen molar-refractivity contribution in [2.45, 2.75) is 19.4 Å². The Labute approximate surface area is 161 Å². The van der Waals surface area contributed by atoms with Gasteiger partial charge >= 0.3 is 0 Å². The average Bonchev–Trinajstić information content (AvgIpc) is 3.40. The van der Waals surface area contributed by atoms with Crippen LogP contribution in [0.1, 0.15) is 18.4 Å². The van der Waals surface area contributed by atoms with Crippen LogP contribution in [0.4, 0.5) is 0 Å². The third-order valence-corrected chi connectivity index (χ3v) is 5.31. The van der Waals surface area contributed by atoms with Gasteiger partial charge in [-0.1, -0.05) is 6.07 Å². The molecule has 2 fully saturated rings. The minimum atomic E-state index is 0.329. The molecule has 4 rings (SSSR count). The Morgan fingerprint density at radius 1 is 1.19 bits per heavy atom. The van der Waals surface area contributed by atoms with Crippen LogP contribution in [-0.4, -0.2) is 75.5 Å². The van der Waals surface area contributed by atoms with Crippen molar-refractivity contribution in [1.29, 1.82) is 0 Å². The van der Waals surface area contributed by atoms with E-state index in [0.717, 1.165) is 75.9 Å². The molecule has 1 saturated heterocycles. The lowest BCUT2D eigenvalue weighted by Gasteiger charge is -2.36. The van der Waals surface area contributed by atoms with Gasteiger partial charge in [0.05, 0.1) is 6.61 Å². The number of aliphatic imine (C=N–C) groups is 1. The molecule has 2 heterocycles. The van der Waals surface area contributed by atoms with E-state index in [-0.39, 0.29) is 0 Å². The van der Waals surface area contributed by atoms with Crippen molar-refractivity contribution < 1.29 is 14.2 Å². The molecule has 0 amide bonds. The lowest BCUT2D eigenvalue weighted by Crippen LogP contribution is -2.52. The minimum Gasteiger partial charge on any atom is -0.454 e. The summed E-state index contributed by atoms with van der Waals surface area (Å²) in [5.74, 6) is 3.51. The number of rotatable bonds is 7. The highest BCUT2D eigenvalue weighted by molar-refractivity contribution is 5.80. The molecule has 1 aromatic rings. The van der Waals surface area contributed by atoms with E-state index in [0.29, 0.717) is 6.79 Å². The molecule has 3 aliphatic rings. The van der Waals surface area contributed by atoms with Gasteiger partial charge in [-0.05, 0) is 36.5 Å². The fraction of sp³-hybridized carbons (Fsp3) is 0.650. The van der Waals surface area contributed by atoms with Crippen LogP contribution >= 0.6 is 0 Å². The van der Waals surface area contributed by atoms with Crippen LogP contribution in [0.5, 0.6) is 11.5 Å². The monoisotopic (exact) mass is 374 g/mol. The number of fused-ring (bicyclic) bond motifs is 1. The molecule has 7 nitrogen and oxygen atoms in total. The Kier molecular flexibility index (Phi) is 5.99. The van der Waals surface area contributed by atoms with Crippen LogP contribution in [0.2, 0.25) is 0 Å². The Hall–Kier alpha value is -1.99. The number of nitrogens with one attached hydrogen (secondary N) is 1. The Morgan fingerprint density at radius 2 is 2.00 bits per heavy atom. The van der Waals surface area contributed by atoms with E-state index in [1.54, 1.807) is 0 Å². The van der Waals surface area contributed by atoms with Crippen molar-refractivity contribution >= 4 is 5.96 Å². The van der Waals surface area contributed by atoms with Crippen molar-refractivity contribution in [3.05, 3.63) is 23.8 Å². The molecule has 0 bridgehead atoms. The van der Waals surface area contributed by atoms with Gasteiger partial charge in [0.25, 0.3) is 0 Å². The van der Waals surface area contributed by atoms with Crippen LogP contribution < -0.4 is 14.8 Å². The Balaban J connectivity index is 1.18. The third-order valence-electron chi connectivity index (χ3n) is 5.31. The van der Waals surface area contributed by atoms with Gasteiger partial charge < -0.3 is 24.4 Å². The second-order valence-corrected chi connectivity index (χ2v) is 7.44. The van der Waals surface area contributed by atoms with Crippen molar-refractivity contribution in [2.75, 3.05) is 59.8 Å². The molecule has 27 heavy (non-hydrogen) atoms. The summed E-state index contributed by atoms with van der Waals surface area (Å²) >= 11 is 0. The summed E-state index contributed by atoms with van der Waals surface area (Å²) in [5.41, 5.74) is 1.27. The molecule has 1 aliphatic carbocycles. The van der Waals surface area contributed by atoms with Crippen molar-refractivity contribution in [3.8, 4) is 11.5 Å². The molecule has 0 radical (unpaired) electrons. The zero-order chi connectivity index (χ0) is 18.5. The SMILES string of the molecule is CN=C(NCCOCC1CC1)N1CCN(Cc2ccc3c(c2)OCO3)CC1. The molecule has 148 valence electrons. The first-order valence-electron chi connectivity index (χ1n) is 9.96. The fourth-order valence-electron chi connectivity index (χ4n) is 3.52. The van der Waals surface area contributed by atoms with Crippen molar-refractivity contribution in [1.82, 2.24) is 15.1 Å². The summed E-state index contributed by atoms with van der Waals surface area (Å²) in [4.78, 5) is 9.23. The zero-order valence-corrected chi connectivity index (χ0v) is 16.2. The predicted octanol–water partition coefficient (Wildman–Crippen LogP) is 1.53. The average molecular weight is 374 g/mol. The number of ether oxygens (including phenoxy) is 3. The molecule has 0 aromatic heterocycles. The Morgan fingerprint density at radius 3 is 2.78 bits per heavy atom. The zero-order valence-electron chi connectivity index (χ0n) is 16.2. The lowest BCUT2D eigenvalue weighted by molar-refractivity contribution is 0.127. The summed E-state index contributed by atoms with van der Waals surface area (Å²) in [5, 5.41) is 3.43. The summed E-state index contributed by atoms with van der Waals surface area (Å²) < 4.78 is 16.6. The van der Waals surface area contributed by atoms with E-state index in [1.807, 2.05) is 13.1 Å². The van der Waals surface area contributed by atoms with Crippen molar-refractivity contribution in [2.24, 2.45) is 10.9 Å². The summed E-state index contributed by atoms with van der Waals surface area (Å²) in [6.07, 6.45) is 2.68. The number of nitrogens with zero attached hydrogens (tertiary/aromatic N) is 3. The molecule has 1 saturated carbocycles. The second-order valence-electron chi connectivity index (χ2n) is 7.44. The minimum absolute atomic E-state index is 0.329. The molecule has 0 atom stereocenters. The maximum Gasteiger partial charge on any atom is 0.231 e. The smallest absolute Gasteiger partial charge is 0.231 e. The van der Waals surface area contributed by atoms with E-state index in [1.165, 1.54) is 18.4 Å². The predicted molar refractivity (Wildman–Crippen MR) is 104 cm³/mol. The number of guanidine groups is 1. The first-order chi connectivity index (χ1) is 13.3. The third kappa shape index (κ3) is 5.05. The molecule has 0 unspecified atom stereocenters. The number of hydrogen-bond donors (Lipinski definition) is 1. The maximum atomic E-state index is 5.69. The van der Waals surface area contributed by atoms with Crippen LogP contribution in [0.3, 0.4) is 0 Å². The van der Waals surface area contributed by atoms with Gasteiger partial charge in [0, 0.05) is 52.9 Å². The normalized spacial score (nSPS) is 20.2. The molecular formula is C20H30N4O3. The second kappa shape index (κ2) is 8.80. The molecule has 0 spiro atoms. The highest BCUT2D eigenvalue weighted by atomic mass is 16.7. The van der Waals surface area contributed by atoms with Crippen molar-refractivity contribution in [3.63, 3.8) is 0 Å². The number of piperazine rings is 1. The molecular weight excluding hydrogens is 344 g/mol.